The van der Waals surface area contributed by atoms with Crippen LogP contribution in [-0.2, 0) is 10.8 Å². The monoisotopic (exact) mass is 525 g/mol. The molecule has 0 bridgehead atoms. The van der Waals surface area contributed by atoms with E-state index in [1.807, 2.05) is 60.7 Å². The van der Waals surface area contributed by atoms with E-state index in [0.29, 0.717) is 5.69 Å². The number of phenolic OH excluding ortho intramolecular Hbond substituents is 1. The van der Waals surface area contributed by atoms with Crippen molar-refractivity contribution in [3.63, 3.8) is 0 Å². The van der Waals surface area contributed by atoms with Crippen LogP contribution in [0.2, 0.25) is 0 Å². The molecule has 0 amide bonds. The summed E-state index contributed by atoms with van der Waals surface area (Å²) < 4.78 is 0. The molecule has 5 rings (SSSR count). The van der Waals surface area contributed by atoms with Crippen molar-refractivity contribution in [1.29, 1.82) is 0 Å². The molecule has 0 radical (unpaired) electrons. The largest absolute Gasteiger partial charge is 0.508 e. The standard InChI is InChI=1S/C37H35NO2/c1-25(39)33-22-27(26-14-8-6-9-15-26)23-34(38-33)28-20-30(36(2,3)29-16-10-7-11-17-29)24-31(21-28)37(4,5)32-18-12-13-19-35(32)40/h6-24,40H,1-5H3. The fourth-order valence-corrected chi connectivity index (χ4v) is 5.33. The van der Waals surface area contributed by atoms with E-state index in [1.165, 1.54) is 5.56 Å². The lowest BCUT2D eigenvalue weighted by molar-refractivity contribution is 0.101. The Labute approximate surface area is 237 Å². The third-order valence-corrected chi connectivity index (χ3v) is 8.04. The molecule has 200 valence electrons. The number of rotatable bonds is 7. The predicted octanol–water partition coefficient (Wildman–Crippen LogP) is 8.98. The first-order valence-electron chi connectivity index (χ1n) is 13.7. The van der Waals surface area contributed by atoms with Crippen LogP contribution in [0.15, 0.2) is 115 Å². The SMILES string of the molecule is CC(=O)c1cc(-c2ccccc2)cc(-c2cc(C(C)(C)c3ccccc3)cc(C(C)(C)c3ccccc3O)c2)n1. The summed E-state index contributed by atoms with van der Waals surface area (Å²) in [6.07, 6.45) is 0. The summed E-state index contributed by atoms with van der Waals surface area (Å²) in [5.74, 6) is 0.194. The van der Waals surface area contributed by atoms with Crippen molar-refractivity contribution in [2.75, 3.05) is 0 Å². The molecule has 1 N–H and O–H groups in total. The fraction of sp³-hybridized carbons (Fsp3) is 0.189. The van der Waals surface area contributed by atoms with Crippen molar-refractivity contribution in [1.82, 2.24) is 4.98 Å². The van der Waals surface area contributed by atoms with Crippen LogP contribution in [-0.4, -0.2) is 15.9 Å². The van der Waals surface area contributed by atoms with Crippen LogP contribution in [0.1, 0.15) is 67.4 Å². The smallest absolute Gasteiger partial charge is 0.178 e. The molecule has 5 aromatic rings. The zero-order valence-corrected chi connectivity index (χ0v) is 23.8. The molecule has 0 atom stereocenters. The Morgan fingerprint density at radius 1 is 0.600 bits per heavy atom. The molecule has 0 spiro atoms. The maximum atomic E-state index is 12.6. The number of aromatic nitrogens is 1. The van der Waals surface area contributed by atoms with Gasteiger partial charge in [0.15, 0.2) is 5.78 Å². The summed E-state index contributed by atoms with van der Waals surface area (Å²) in [6.45, 7) is 10.3. The van der Waals surface area contributed by atoms with E-state index in [9.17, 15) is 9.90 Å². The van der Waals surface area contributed by atoms with Crippen molar-refractivity contribution in [3.8, 4) is 28.1 Å². The molecule has 0 saturated carbocycles. The Kier molecular flexibility index (Phi) is 7.16. The van der Waals surface area contributed by atoms with E-state index in [1.54, 1.807) is 13.0 Å². The number of nitrogens with zero attached hydrogens (tertiary/aromatic N) is 1. The van der Waals surface area contributed by atoms with E-state index in [4.69, 9.17) is 4.98 Å². The molecule has 0 unspecified atom stereocenters. The van der Waals surface area contributed by atoms with Gasteiger partial charge in [-0.1, -0.05) is 113 Å². The summed E-state index contributed by atoms with van der Waals surface area (Å²) in [7, 11) is 0. The third kappa shape index (κ3) is 5.20. The maximum absolute atomic E-state index is 12.6. The Bertz CT molecular complexity index is 1670. The number of hydrogen-bond acceptors (Lipinski definition) is 3. The lowest BCUT2D eigenvalue weighted by atomic mass is 9.72. The molecule has 0 fully saturated rings. The van der Waals surface area contributed by atoms with Crippen LogP contribution >= 0.6 is 0 Å². The average Bonchev–Trinajstić information content (AvgIpc) is 2.97. The Morgan fingerprint density at radius 3 is 1.80 bits per heavy atom. The first-order valence-corrected chi connectivity index (χ1v) is 13.7. The molecule has 1 aromatic heterocycles. The highest BCUT2D eigenvalue weighted by Gasteiger charge is 2.30. The van der Waals surface area contributed by atoms with Gasteiger partial charge in [0, 0.05) is 28.9 Å². The van der Waals surface area contributed by atoms with E-state index < -0.39 is 5.41 Å². The van der Waals surface area contributed by atoms with E-state index in [0.717, 1.165) is 39.1 Å². The number of hydrogen-bond donors (Lipinski definition) is 1. The topological polar surface area (TPSA) is 50.2 Å². The number of para-hydroxylation sites is 1. The van der Waals surface area contributed by atoms with E-state index in [-0.39, 0.29) is 16.9 Å². The number of aromatic hydroxyl groups is 1. The maximum Gasteiger partial charge on any atom is 0.178 e. The van der Waals surface area contributed by atoms with Gasteiger partial charge in [-0.2, -0.15) is 0 Å². The van der Waals surface area contributed by atoms with Crippen LogP contribution in [0, 0.1) is 0 Å². The van der Waals surface area contributed by atoms with Crippen molar-refractivity contribution < 1.29 is 9.90 Å². The Morgan fingerprint density at radius 2 is 1.18 bits per heavy atom. The number of benzene rings is 4. The van der Waals surface area contributed by atoms with Crippen LogP contribution < -0.4 is 0 Å². The Hall–Kier alpha value is -4.50. The first-order chi connectivity index (χ1) is 19.1. The average molecular weight is 526 g/mol. The highest BCUT2D eigenvalue weighted by molar-refractivity contribution is 5.94. The molecular weight excluding hydrogens is 490 g/mol. The number of carbonyl (C=O) groups is 1. The van der Waals surface area contributed by atoms with Gasteiger partial charge in [-0.05, 0) is 58.1 Å². The zero-order chi connectivity index (χ0) is 28.5. The highest BCUT2D eigenvalue weighted by Crippen LogP contribution is 2.42. The van der Waals surface area contributed by atoms with E-state index >= 15 is 0 Å². The lowest BCUT2D eigenvalue weighted by Crippen LogP contribution is -2.23. The minimum atomic E-state index is -0.497. The normalized spacial score (nSPS) is 11.8. The predicted molar refractivity (Wildman–Crippen MR) is 164 cm³/mol. The zero-order valence-electron chi connectivity index (χ0n) is 23.8. The fourth-order valence-electron chi connectivity index (χ4n) is 5.33. The van der Waals surface area contributed by atoms with Crippen LogP contribution in [0.3, 0.4) is 0 Å². The molecule has 3 nitrogen and oxygen atoms in total. The quantitative estimate of drug-likeness (QED) is 0.216. The van der Waals surface area contributed by atoms with Gasteiger partial charge in [0.1, 0.15) is 11.4 Å². The van der Waals surface area contributed by atoms with Gasteiger partial charge < -0.3 is 5.11 Å². The Balaban J connectivity index is 1.77. The minimum absolute atomic E-state index is 0.0745. The molecule has 0 aliphatic heterocycles. The first kappa shape index (κ1) is 27.1. The number of Topliss-reactive ketones (excluding diaryl/α,β-unsaturated/α-hetero) is 1. The molecule has 0 aliphatic rings. The van der Waals surface area contributed by atoms with Gasteiger partial charge in [-0.3, -0.25) is 4.79 Å². The highest BCUT2D eigenvalue weighted by atomic mass is 16.3. The van der Waals surface area contributed by atoms with Crippen molar-refractivity contribution in [2.24, 2.45) is 0 Å². The molecule has 3 heteroatoms. The van der Waals surface area contributed by atoms with Gasteiger partial charge >= 0.3 is 0 Å². The number of phenols is 1. The molecule has 4 aromatic carbocycles. The van der Waals surface area contributed by atoms with Crippen molar-refractivity contribution in [3.05, 3.63) is 143 Å². The van der Waals surface area contributed by atoms with Gasteiger partial charge in [0.2, 0.25) is 0 Å². The number of carbonyl (C=O) groups excluding carboxylic acids is 1. The van der Waals surface area contributed by atoms with Crippen molar-refractivity contribution in [2.45, 2.75) is 45.4 Å². The number of pyridine rings is 1. The second-order valence-electron chi connectivity index (χ2n) is 11.5. The number of ketones is 1. The van der Waals surface area contributed by atoms with Gasteiger partial charge in [-0.25, -0.2) is 4.98 Å². The molecular formula is C37H35NO2. The van der Waals surface area contributed by atoms with Gasteiger partial charge in [0.05, 0.1) is 5.69 Å². The summed E-state index contributed by atoms with van der Waals surface area (Å²) >= 11 is 0. The van der Waals surface area contributed by atoms with E-state index in [2.05, 4.69) is 76.2 Å². The van der Waals surface area contributed by atoms with Crippen LogP contribution in [0.25, 0.3) is 22.4 Å². The second kappa shape index (κ2) is 10.6. The minimum Gasteiger partial charge on any atom is -0.508 e. The van der Waals surface area contributed by atoms with Crippen LogP contribution in [0.5, 0.6) is 5.75 Å². The molecule has 0 saturated heterocycles. The molecule has 0 aliphatic carbocycles. The summed E-state index contributed by atoms with van der Waals surface area (Å²) in [5.41, 5.74) is 7.53. The molecule has 40 heavy (non-hydrogen) atoms. The van der Waals surface area contributed by atoms with Crippen molar-refractivity contribution >= 4 is 5.78 Å². The molecule has 1 heterocycles. The summed E-state index contributed by atoms with van der Waals surface area (Å²) in [5, 5.41) is 10.8. The second-order valence-corrected chi connectivity index (χ2v) is 11.5. The lowest BCUT2D eigenvalue weighted by Gasteiger charge is -2.32. The van der Waals surface area contributed by atoms with Crippen LogP contribution in [0.4, 0.5) is 0 Å². The summed E-state index contributed by atoms with van der Waals surface area (Å²) in [6, 6.07) is 38.6. The summed E-state index contributed by atoms with van der Waals surface area (Å²) in [4.78, 5) is 17.4. The third-order valence-electron chi connectivity index (χ3n) is 8.04. The van der Waals surface area contributed by atoms with Gasteiger partial charge in [-0.15, -0.1) is 0 Å². The van der Waals surface area contributed by atoms with Gasteiger partial charge in [0.25, 0.3) is 0 Å².